The third-order valence-corrected chi connectivity index (χ3v) is 3.99. The van der Waals surface area contributed by atoms with E-state index in [-0.39, 0.29) is 12.1 Å². The molecular weight excluding hydrogens is 250 g/mol. The van der Waals surface area contributed by atoms with Crippen LogP contribution < -0.4 is 5.32 Å². The van der Waals surface area contributed by atoms with Gasteiger partial charge in [-0.2, -0.15) is 0 Å². The number of aromatic nitrogens is 1. The molecule has 4 nitrogen and oxygen atoms in total. The minimum absolute atomic E-state index is 0.0285. The number of carbonyl (C=O) groups excluding carboxylic acids is 1. The van der Waals surface area contributed by atoms with Gasteiger partial charge in [-0.1, -0.05) is 18.2 Å². The van der Waals surface area contributed by atoms with Crippen molar-refractivity contribution >= 4 is 11.7 Å². The average Bonchev–Trinajstić information content (AvgIpc) is 2.91. The quantitative estimate of drug-likeness (QED) is 0.846. The van der Waals surface area contributed by atoms with Crippen LogP contribution in [0.1, 0.15) is 24.2 Å². The van der Waals surface area contributed by atoms with Crippen LogP contribution in [0.2, 0.25) is 0 Å². The Labute approximate surface area is 119 Å². The summed E-state index contributed by atoms with van der Waals surface area (Å²) in [5.74, 6) is 0. The van der Waals surface area contributed by atoms with Crippen molar-refractivity contribution in [1.29, 1.82) is 0 Å². The summed E-state index contributed by atoms with van der Waals surface area (Å²) < 4.78 is 2.21. The van der Waals surface area contributed by atoms with Crippen LogP contribution in [0, 0.1) is 6.92 Å². The largest absolute Gasteiger partial charge is 0.348 e. The lowest BCUT2D eigenvalue weighted by Gasteiger charge is -2.35. The highest BCUT2D eigenvalue weighted by molar-refractivity contribution is 5.90. The van der Waals surface area contributed by atoms with Gasteiger partial charge in [0.2, 0.25) is 0 Å². The van der Waals surface area contributed by atoms with E-state index in [4.69, 9.17) is 0 Å². The minimum atomic E-state index is -0.0285. The summed E-state index contributed by atoms with van der Waals surface area (Å²) in [6, 6.07) is 12.0. The number of rotatable bonds is 1. The van der Waals surface area contributed by atoms with Crippen LogP contribution in [0.3, 0.4) is 0 Å². The molecule has 2 aromatic rings. The number of anilines is 1. The lowest BCUT2D eigenvalue weighted by atomic mass is 10.1. The Morgan fingerprint density at radius 1 is 1.20 bits per heavy atom. The molecule has 1 aliphatic rings. The standard InChI is InChI=1S/C16H19N3O/c1-12-6-3-4-7-14(12)17-16(20)19-11-10-18-9-5-8-15(18)13(19)2/h3-9,13H,10-11H2,1-2H3,(H,17,20)/t13-/m0/s1. The molecule has 2 heterocycles. The summed E-state index contributed by atoms with van der Waals surface area (Å²) in [4.78, 5) is 14.4. The molecule has 0 bridgehead atoms. The van der Waals surface area contributed by atoms with Gasteiger partial charge in [-0.05, 0) is 37.6 Å². The summed E-state index contributed by atoms with van der Waals surface area (Å²) in [6.07, 6.45) is 2.07. The Balaban J connectivity index is 1.77. The highest BCUT2D eigenvalue weighted by Gasteiger charge is 2.27. The van der Waals surface area contributed by atoms with Crippen molar-refractivity contribution < 1.29 is 4.79 Å². The van der Waals surface area contributed by atoms with E-state index in [9.17, 15) is 4.79 Å². The Kier molecular flexibility index (Phi) is 3.22. The van der Waals surface area contributed by atoms with Crippen LogP contribution >= 0.6 is 0 Å². The van der Waals surface area contributed by atoms with Crippen molar-refractivity contribution in [1.82, 2.24) is 9.47 Å². The number of amides is 2. The number of nitrogens with zero attached hydrogens (tertiary/aromatic N) is 2. The fourth-order valence-electron chi connectivity index (χ4n) is 2.76. The first-order valence-corrected chi connectivity index (χ1v) is 6.95. The van der Waals surface area contributed by atoms with Gasteiger partial charge >= 0.3 is 6.03 Å². The van der Waals surface area contributed by atoms with Crippen LogP contribution in [0.5, 0.6) is 0 Å². The molecule has 1 atom stereocenters. The van der Waals surface area contributed by atoms with E-state index in [1.807, 2.05) is 42.2 Å². The van der Waals surface area contributed by atoms with Gasteiger partial charge in [0.15, 0.2) is 0 Å². The lowest BCUT2D eigenvalue weighted by molar-refractivity contribution is 0.175. The SMILES string of the molecule is Cc1ccccc1NC(=O)N1CCn2cccc2[C@@H]1C. The zero-order valence-corrected chi connectivity index (χ0v) is 11.8. The molecule has 0 saturated carbocycles. The van der Waals surface area contributed by atoms with Crippen LogP contribution in [0.15, 0.2) is 42.6 Å². The number of para-hydroxylation sites is 1. The first-order chi connectivity index (χ1) is 9.66. The smallest absolute Gasteiger partial charge is 0.322 e. The van der Waals surface area contributed by atoms with Crippen molar-refractivity contribution in [3.05, 3.63) is 53.9 Å². The molecule has 0 aliphatic carbocycles. The fourth-order valence-corrected chi connectivity index (χ4v) is 2.76. The van der Waals surface area contributed by atoms with Gasteiger partial charge in [-0.25, -0.2) is 4.79 Å². The maximum absolute atomic E-state index is 12.5. The fraction of sp³-hybridized carbons (Fsp3) is 0.312. The predicted octanol–water partition coefficient (Wildman–Crippen LogP) is 3.41. The van der Waals surface area contributed by atoms with Crippen molar-refractivity contribution in [3.63, 3.8) is 0 Å². The molecule has 0 spiro atoms. The van der Waals surface area contributed by atoms with Crippen LogP contribution in [-0.2, 0) is 6.54 Å². The third kappa shape index (κ3) is 2.18. The van der Waals surface area contributed by atoms with E-state index >= 15 is 0 Å². The predicted molar refractivity (Wildman–Crippen MR) is 79.8 cm³/mol. The van der Waals surface area contributed by atoms with E-state index < -0.39 is 0 Å². The normalized spacial score (nSPS) is 17.7. The second-order valence-corrected chi connectivity index (χ2v) is 5.24. The summed E-state index contributed by atoms with van der Waals surface area (Å²) in [5, 5.41) is 3.01. The number of aryl methyl sites for hydroxylation is 1. The lowest BCUT2D eigenvalue weighted by Crippen LogP contribution is -2.43. The van der Waals surface area contributed by atoms with Gasteiger partial charge in [0.1, 0.15) is 0 Å². The summed E-state index contributed by atoms with van der Waals surface area (Å²) in [6.45, 7) is 5.66. The van der Waals surface area contributed by atoms with Gasteiger partial charge in [-0.15, -0.1) is 0 Å². The zero-order valence-electron chi connectivity index (χ0n) is 11.8. The van der Waals surface area contributed by atoms with Gasteiger partial charge in [-0.3, -0.25) is 0 Å². The van der Waals surface area contributed by atoms with Crippen molar-refractivity contribution in [3.8, 4) is 0 Å². The number of hydrogen-bond acceptors (Lipinski definition) is 1. The number of benzene rings is 1. The number of urea groups is 1. The average molecular weight is 269 g/mol. The summed E-state index contributed by atoms with van der Waals surface area (Å²) in [7, 11) is 0. The van der Waals surface area contributed by atoms with Crippen LogP contribution in [0.25, 0.3) is 0 Å². The molecular formula is C16H19N3O. The monoisotopic (exact) mass is 269 g/mol. The molecule has 1 N–H and O–H groups in total. The summed E-state index contributed by atoms with van der Waals surface area (Å²) in [5.41, 5.74) is 3.15. The van der Waals surface area contributed by atoms with Gasteiger partial charge in [0, 0.05) is 30.7 Å². The minimum Gasteiger partial charge on any atom is -0.348 e. The molecule has 104 valence electrons. The molecule has 0 fully saturated rings. The Bertz CT molecular complexity index is 632. The molecule has 1 aliphatic heterocycles. The molecule has 0 radical (unpaired) electrons. The van der Waals surface area contributed by atoms with E-state index in [1.54, 1.807) is 0 Å². The number of hydrogen-bond donors (Lipinski definition) is 1. The van der Waals surface area contributed by atoms with Crippen LogP contribution in [0.4, 0.5) is 10.5 Å². The van der Waals surface area contributed by atoms with Gasteiger partial charge < -0.3 is 14.8 Å². The third-order valence-electron chi connectivity index (χ3n) is 3.99. The number of fused-ring (bicyclic) bond motifs is 1. The molecule has 1 aromatic carbocycles. The van der Waals surface area contributed by atoms with E-state index in [0.717, 1.165) is 24.3 Å². The second-order valence-electron chi connectivity index (χ2n) is 5.24. The first-order valence-electron chi connectivity index (χ1n) is 6.95. The molecule has 2 amide bonds. The summed E-state index contributed by atoms with van der Waals surface area (Å²) >= 11 is 0. The highest BCUT2D eigenvalue weighted by Crippen LogP contribution is 2.26. The highest BCUT2D eigenvalue weighted by atomic mass is 16.2. The molecule has 20 heavy (non-hydrogen) atoms. The van der Waals surface area contributed by atoms with E-state index in [2.05, 4.69) is 29.1 Å². The second kappa shape index (κ2) is 5.04. The number of nitrogens with one attached hydrogen (secondary N) is 1. The van der Waals surface area contributed by atoms with Crippen molar-refractivity contribution in [2.75, 3.05) is 11.9 Å². The van der Waals surface area contributed by atoms with Gasteiger partial charge in [0.05, 0.1) is 6.04 Å². The molecule has 0 saturated heterocycles. The Morgan fingerprint density at radius 2 is 2.00 bits per heavy atom. The van der Waals surface area contributed by atoms with E-state index in [0.29, 0.717) is 0 Å². The molecule has 4 heteroatoms. The zero-order chi connectivity index (χ0) is 14.1. The topological polar surface area (TPSA) is 37.3 Å². The van der Waals surface area contributed by atoms with E-state index in [1.165, 1.54) is 5.69 Å². The Morgan fingerprint density at radius 3 is 2.80 bits per heavy atom. The maximum atomic E-state index is 12.5. The molecule has 1 aromatic heterocycles. The first kappa shape index (κ1) is 12.8. The molecule has 3 rings (SSSR count). The number of carbonyl (C=O) groups is 1. The Hall–Kier alpha value is -2.23. The van der Waals surface area contributed by atoms with Gasteiger partial charge in [0.25, 0.3) is 0 Å². The maximum Gasteiger partial charge on any atom is 0.322 e. The molecule has 0 unspecified atom stereocenters. The van der Waals surface area contributed by atoms with Crippen molar-refractivity contribution in [2.45, 2.75) is 26.4 Å². The van der Waals surface area contributed by atoms with Crippen molar-refractivity contribution in [2.24, 2.45) is 0 Å². The van der Waals surface area contributed by atoms with Crippen LogP contribution in [-0.4, -0.2) is 22.0 Å².